The monoisotopic (exact) mass is 527 g/mol. The number of aromatic nitrogens is 3. The number of allylic oxidation sites excluding steroid dienone is 1. The zero-order chi connectivity index (χ0) is 23.6. The van der Waals surface area contributed by atoms with Crippen molar-refractivity contribution in [2.75, 3.05) is 12.4 Å². The lowest BCUT2D eigenvalue weighted by atomic mass is 10.2. The third-order valence-electron chi connectivity index (χ3n) is 4.51. The maximum Gasteiger partial charge on any atom is 0.250 e. The molecular formula is C24H26BrN5O2S. The third-order valence-corrected chi connectivity index (χ3v) is 6.00. The largest absolute Gasteiger partial charge is 0.494 e. The van der Waals surface area contributed by atoms with Gasteiger partial charge in [-0.15, -0.1) is 16.8 Å². The molecule has 0 aliphatic carbocycles. The highest BCUT2D eigenvalue weighted by molar-refractivity contribution is 9.10. The van der Waals surface area contributed by atoms with E-state index in [-0.39, 0.29) is 11.7 Å². The van der Waals surface area contributed by atoms with Gasteiger partial charge in [-0.1, -0.05) is 45.4 Å². The predicted octanol–water partition coefficient (Wildman–Crippen LogP) is 5.31. The number of halogens is 1. The van der Waals surface area contributed by atoms with Crippen molar-refractivity contribution < 1.29 is 9.53 Å². The van der Waals surface area contributed by atoms with Gasteiger partial charge in [0.25, 0.3) is 5.91 Å². The highest BCUT2D eigenvalue weighted by Crippen LogP contribution is 2.26. The number of carbonyl (C=O) groups is 1. The molecule has 1 N–H and O–H groups in total. The zero-order valence-electron chi connectivity index (χ0n) is 18.6. The molecule has 3 rings (SSSR count). The van der Waals surface area contributed by atoms with Gasteiger partial charge in [0.1, 0.15) is 5.75 Å². The molecule has 1 amide bonds. The van der Waals surface area contributed by atoms with Crippen LogP contribution in [-0.2, 0) is 11.3 Å². The molecule has 7 nitrogen and oxygen atoms in total. The van der Waals surface area contributed by atoms with Crippen LogP contribution in [0.1, 0.15) is 25.8 Å². The predicted molar refractivity (Wildman–Crippen MR) is 137 cm³/mol. The second-order valence-electron chi connectivity index (χ2n) is 7.26. The quantitative estimate of drug-likeness (QED) is 0.158. The molecule has 0 unspecified atom stereocenters. The van der Waals surface area contributed by atoms with Crippen LogP contribution in [0.3, 0.4) is 0 Å². The molecule has 0 saturated carbocycles. The molecule has 0 saturated heterocycles. The van der Waals surface area contributed by atoms with Gasteiger partial charge in [0, 0.05) is 16.6 Å². The van der Waals surface area contributed by atoms with Crippen LogP contribution in [-0.4, -0.2) is 39.2 Å². The number of rotatable bonds is 11. The molecular weight excluding hydrogens is 502 g/mol. The van der Waals surface area contributed by atoms with Crippen molar-refractivity contribution in [3.63, 3.8) is 0 Å². The van der Waals surface area contributed by atoms with Crippen LogP contribution in [0.2, 0.25) is 0 Å². The maximum absolute atomic E-state index is 12.3. The van der Waals surface area contributed by atoms with E-state index < -0.39 is 0 Å². The van der Waals surface area contributed by atoms with Crippen molar-refractivity contribution in [1.29, 1.82) is 0 Å². The molecule has 9 heteroatoms. The average molecular weight is 528 g/mol. The van der Waals surface area contributed by atoms with E-state index in [2.05, 4.69) is 43.2 Å². The number of hydrogen-bond donors (Lipinski definition) is 1. The summed E-state index contributed by atoms with van der Waals surface area (Å²) < 4.78 is 8.44. The van der Waals surface area contributed by atoms with E-state index in [1.165, 1.54) is 11.8 Å². The van der Waals surface area contributed by atoms with E-state index >= 15 is 0 Å². The Balaban J connectivity index is 1.61. The van der Waals surface area contributed by atoms with Crippen molar-refractivity contribution in [2.45, 2.75) is 32.0 Å². The molecule has 0 fully saturated rings. The minimum Gasteiger partial charge on any atom is -0.494 e. The Hall–Kier alpha value is -2.91. The van der Waals surface area contributed by atoms with Gasteiger partial charge in [0.05, 0.1) is 18.6 Å². The van der Waals surface area contributed by atoms with Gasteiger partial charge < -0.3 is 9.30 Å². The van der Waals surface area contributed by atoms with E-state index in [0.29, 0.717) is 18.3 Å². The number of hydrogen-bond acceptors (Lipinski definition) is 6. The molecule has 1 aromatic heterocycles. The van der Waals surface area contributed by atoms with E-state index in [4.69, 9.17) is 4.74 Å². The first kappa shape index (κ1) is 24.7. The molecule has 0 bridgehead atoms. The highest BCUT2D eigenvalue weighted by Gasteiger charge is 2.15. The summed E-state index contributed by atoms with van der Waals surface area (Å²) in [5, 5.41) is 13.4. The van der Waals surface area contributed by atoms with Crippen molar-refractivity contribution in [2.24, 2.45) is 5.10 Å². The number of benzene rings is 2. The first-order chi connectivity index (χ1) is 16.0. The van der Waals surface area contributed by atoms with E-state index in [0.717, 1.165) is 39.2 Å². The number of amides is 1. The summed E-state index contributed by atoms with van der Waals surface area (Å²) in [6, 6.07) is 15.4. The number of nitrogens with zero attached hydrogens (tertiary/aromatic N) is 4. The minimum atomic E-state index is -0.221. The Morgan fingerprint density at radius 2 is 1.94 bits per heavy atom. The molecule has 0 atom stereocenters. The Labute approximate surface area is 206 Å². The molecule has 172 valence electrons. The first-order valence-electron chi connectivity index (χ1n) is 10.5. The fraction of sp³-hybridized carbons (Fsp3) is 0.250. The number of nitrogens with one attached hydrogen (secondary N) is 1. The van der Waals surface area contributed by atoms with Crippen molar-refractivity contribution in [1.82, 2.24) is 20.2 Å². The molecule has 0 radical (unpaired) electrons. The van der Waals surface area contributed by atoms with Crippen molar-refractivity contribution in [3.8, 4) is 17.1 Å². The molecule has 0 aliphatic heterocycles. The maximum atomic E-state index is 12.3. The molecule has 3 aromatic rings. The zero-order valence-corrected chi connectivity index (χ0v) is 21.0. The second-order valence-corrected chi connectivity index (χ2v) is 9.11. The van der Waals surface area contributed by atoms with Crippen molar-refractivity contribution in [3.05, 3.63) is 70.7 Å². The van der Waals surface area contributed by atoms with Crippen LogP contribution in [0.4, 0.5) is 0 Å². The summed E-state index contributed by atoms with van der Waals surface area (Å²) in [4.78, 5) is 12.3. The lowest BCUT2D eigenvalue weighted by Gasteiger charge is -2.10. The number of thioether (sulfide) groups is 1. The number of carbonyl (C=O) groups excluding carboxylic acids is 1. The van der Waals surface area contributed by atoms with Crippen LogP contribution in [0.15, 0.2) is 75.4 Å². The average Bonchev–Trinajstić information content (AvgIpc) is 3.21. The minimum absolute atomic E-state index is 0.173. The van der Waals surface area contributed by atoms with Gasteiger partial charge in [0.15, 0.2) is 11.0 Å². The topological polar surface area (TPSA) is 81.4 Å². The summed E-state index contributed by atoms with van der Waals surface area (Å²) in [6.07, 6.45) is 2.40. The third kappa shape index (κ3) is 7.57. The Morgan fingerprint density at radius 1 is 1.21 bits per heavy atom. The molecule has 2 aromatic carbocycles. The Kier molecular flexibility index (Phi) is 9.26. The lowest BCUT2D eigenvalue weighted by Crippen LogP contribution is -2.20. The van der Waals surface area contributed by atoms with Gasteiger partial charge in [-0.05, 0) is 62.2 Å². The van der Waals surface area contributed by atoms with Crippen LogP contribution < -0.4 is 10.2 Å². The lowest BCUT2D eigenvalue weighted by molar-refractivity contribution is -0.118. The highest BCUT2D eigenvalue weighted by atomic mass is 79.9. The van der Waals surface area contributed by atoms with Crippen molar-refractivity contribution >= 4 is 39.8 Å². The summed E-state index contributed by atoms with van der Waals surface area (Å²) in [6.45, 7) is 9.23. The van der Waals surface area contributed by atoms with E-state index in [1.807, 2.05) is 66.9 Å². The number of hydrazone groups is 1. The van der Waals surface area contributed by atoms with E-state index in [1.54, 1.807) is 6.21 Å². The van der Waals surface area contributed by atoms with Crippen LogP contribution in [0, 0.1) is 0 Å². The molecule has 1 heterocycles. The molecule has 33 heavy (non-hydrogen) atoms. The van der Waals surface area contributed by atoms with E-state index in [9.17, 15) is 4.79 Å². The molecule has 0 aliphatic rings. The standard InChI is InChI=1S/C24H26BrN5O2S/c1-4-32-21-11-5-18(6-12-21)15-26-27-22(31)16-33-24-29-28-23(30(24)14-13-17(2)3)19-7-9-20(25)10-8-19/h5-12,15H,2,4,13-14,16H2,1,3H3,(H,27,31). The summed E-state index contributed by atoms with van der Waals surface area (Å²) in [5.74, 6) is 1.52. The fourth-order valence-electron chi connectivity index (χ4n) is 2.87. The fourth-order valence-corrected chi connectivity index (χ4v) is 3.89. The SMILES string of the molecule is C=C(C)CCn1c(SCC(=O)NN=Cc2ccc(OCC)cc2)nnc1-c1ccc(Br)cc1. The summed E-state index contributed by atoms with van der Waals surface area (Å²) >= 11 is 4.78. The summed E-state index contributed by atoms with van der Waals surface area (Å²) in [5.41, 5.74) is 5.46. The first-order valence-corrected chi connectivity index (χ1v) is 12.2. The van der Waals surface area contributed by atoms with Crippen LogP contribution >= 0.6 is 27.7 Å². The Bertz CT molecular complexity index is 1110. The van der Waals surface area contributed by atoms with Gasteiger partial charge >= 0.3 is 0 Å². The van der Waals surface area contributed by atoms with Gasteiger partial charge in [0.2, 0.25) is 0 Å². The van der Waals surface area contributed by atoms with Gasteiger partial charge in [-0.25, -0.2) is 5.43 Å². The number of ether oxygens (including phenoxy) is 1. The summed E-state index contributed by atoms with van der Waals surface area (Å²) in [7, 11) is 0. The van der Waals surface area contributed by atoms with Gasteiger partial charge in [-0.2, -0.15) is 5.10 Å². The normalized spacial score (nSPS) is 11.0. The van der Waals surface area contributed by atoms with Crippen LogP contribution in [0.25, 0.3) is 11.4 Å². The Morgan fingerprint density at radius 3 is 2.61 bits per heavy atom. The smallest absolute Gasteiger partial charge is 0.250 e. The molecule has 0 spiro atoms. The second kappa shape index (κ2) is 12.4. The van der Waals surface area contributed by atoms with Gasteiger partial charge in [-0.3, -0.25) is 4.79 Å². The van der Waals surface area contributed by atoms with Crippen LogP contribution in [0.5, 0.6) is 5.75 Å².